The van der Waals surface area contributed by atoms with Crippen LogP contribution in [-0.4, -0.2) is 5.91 Å². The zero-order chi connectivity index (χ0) is 14.2. The predicted molar refractivity (Wildman–Crippen MR) is 80.4 cm³/mol. The third-order valence-electron chi connectivity index (χ3n) is 2.50. The molecule has 0 aliphatic rings. The van der Waals surface area contributed by atoms with Crippen molar-refractivity contribution in [2.75, 3.05) is 0 Å². The molecule has 0 heterocycles. The predicted octanol–water partition coefficient (Wildman–Crippen LogP) is 5.07. The second-order valence-electron chi connectivity index (χ2n) is 3.84. The van der Waals surface area contributed by atoms with Gasteiger partial charge >= 0.3 is 0 Å². The summed E-state index contributed by atoms with van der Waals surface area (Å²) in [7, 11) is 0. The summed E-state index contributed by atoms with van der Waals surface area (Å²) < 4.78 is 0. The zero-order valence-electron chi connectivity index (χ0n) is 9.38. The molecule has 1 amide bonds. The van der Waals surface area contributed by atoms with E-state index in [2.05, 4.69) is 0 Å². The molecule has 2 aromatic rings. The van der Waals surface area contributed by atoms with Crippen molar-refractivity contribution in [3.05, 3.63) is 56.0 Å². The molecule has 0 aromatic heterocycles. The van der Waals surface area contributed by atoms with Crippen molar-refractivity contribution >= 4 is 52.3 Å². The van der Waals surface area contributed by atoms with E-state index in [1.165, 1.54) is 12.1 Å². The Bertz CT molecular complexity index is 670. The molecular formula is C13H7Cl4NO. The molecule has 2 N–H and O–H groups in total. The van der Waals surface area contributed by atoms with Gasteiger partial charge in [-0.3, -0.25) is 4.79 Å². The van der Waals surface area contributed by atoms with Gasteiger partial charge in [0.1, 0.15) is 0 Å². The molecule has 0 atom stereocenters. The molecule has 2 aromatic carbocycles. The van der Waals surface area contributed by atoms with E-state index in [-0.39, 0.29) is 0 Å². The average Bonchev–Trinajstić information content (AvgIpc) is 2.33. The van der Waals surface area contributed by atoms with Crippen LogP contribution in [-0.2, 0) is 0 Å². The Kier molecular flexibility index (Phi) is 4.26. The molecule has 0 aliphatic carbocycles. The molecule has 0 fully saturated rings. The van der Waals surface area contributed by atoms with Crippen molar-refractivity contribution in [1.82, 2.24) is 0 Å². The fraction of sp³-hybridized carbons (Fsp3) is 0. The number of hydrogen-bond acceptors (Lipinski definition) is 1. The number of primary amides is 1. The number of amides is 1. The van der Waals surface area contributed by atoms with Crippen molar-refractivity contribution in [2.24, 2.45) is 5.73 Å². The summed E-state index contributed by atoms with van der Waals surface area (Å²) >= 11 is 23.9. The number of nitrogens with two attached hydrogens (primary N) is 1. The highest BCUT2D eigenvalue weighted by Gasteiger charge is 2.11. The Labute approximate surface area is 130 Å². The molecule has 0 spiro atoms. The highest BCUT2D eigenvalue weighted by atomic mass is 35.5. The highest BCUT2D eigenvalue weighted by Crippen LogP contribution is 2.36. The summed E-state index contributed by atoms with van der Waals surface area (Å²) in [5, 5.41) is 1.51. The fourth-order valence-corrected chi connectivity index (χ4v) is 2.52. The normalized spacial score (nSPS) is 10.5. The number of carbonyl (C=O) groups excluding carboxylic acids is 1. The van der Waals surface area contributed by atoms with Gasteiger partial charge in [-0.25, -0.2) is 0 Å². The molecule has 0 saturated carbocycles. The number of halogens is 4. The van der Waals surface area contributed by atoms with Crippen LogP contribution < -0.4 is 5.73 Å². The monoisotopic (exact) mass is 333 g/mol. The maximum atomic E-state index is 11.2. The van der Waals surface area contributed by atoms with Crippen LogP contribution >= 0.6 is 46.4 Å². The van der Waals surface area contributed by atoms with Crippen LogP contribution in [0.3, 0.4) is 0 Å². The largest absolute Gasteiger partial charge is 0.366 e. The minimum Gasteiger partial charge on any atom is -0.366 e. The van der Waals surface area contributed by atoms with E-state index in [0.717, 1.165) is 0 Å². The van der Waals surface area contributed by atoms with E-state index in [1.54, 1.807) is 18.2 Å². The fourth-order valence-electron chi connectivity index (χ4n) is 1.63. The molecule has 2 nitrogen and oxygen atoms in total. The number of rotatable bonds is 2. The number of hydrogen-bond donors (Lipinski definition) is 1. The van der Waals surface area contributed by atoms with Gasteiger partial charge in [-0.15, -0.1) is 0 Å². The van der Waals surface area contributed by atoms with Crippen molar-refractivity contribution < 1.29 is 4.79 Å². The maximum absolute atomic E-state index is 11.2. The van der Waals surface area contributed by atoms with E-state index in [0.29, 0.717) is 36.8 Å². The number of benzene rings is 2. The van der Waals surface area contributed by atoms with Gasteiger partial charge < -0.3 is 5.73 Å². The van der Waals surface area contributed by atoms with Crippen LogP contribution in [0.4, 0.5) is 0 Å². The average molecular weight is 335 g/mol. The molecule has 0 radical (unpaired) electrons. The van der Waals surface area contributed by atoms with E-state index in [9.17, 15) is 4.79 Å². The first-order valence-corrected chi connectivity index (χ1v) is 6.65. The van der Waals surface area contributed by atoms with Crippen molar-refractivity contribution in [1.29, 1.82) is 0 Å². The van der Waals surface area contributed by atoms with Crippen molar-refractivity contribution in [3.8, 4) is 11.1 Å². The Morgan fingerprint density at radius 3 is 2.11 bits per heavy atom. The Morgan fingerprint density at radius 1 is 0.842 bits per heavy atom. The summed E-state index contributed by atoms with van der Waals surface area (Å²) in [4.78, 5) is 11.2. The minimum atomic E-state index is -0.570. The van der Waals surface area contributed by atoms with E-state index in [4.69, 9.17) is 52.1 Å². The van der Waals surface area contributed by atoms with E-state index >= 15 is 0 Å². The summed E-state index contributed by atoms with van der Waals surface area (Å²) in [6.07, 6.45) is 0. The third kappa shape index (κ3) is 3.15. The van der Waals surface area contributed by atoms with Gasteiger partial charge in [-0.1, -0.05) is 46.4 Å². The SMILES string of the molecule is NC(=O)c1cc(Cl)cc(-c2cc(Cl)c(Cl)cc2Cl)c1. The molecule has 0 saturated heterocycles. The molecule has 0 aliphatic heterocycles. The van der Waals surface area contributed by atoms with Crippen LogP contribution in [0, 0.1) is 0 Å². The maximum Gasteiger partial charge on any atom is 0.248 e. The highest BCUT2D eigenvalue weighted by molar-refractivity contribution is 6.44. The Hall–Kier alpha value is -0.930. The first kappa shape index (κ1) is 14.5. The first-order chi connectivity index (χ1) is 8.88. The molecule has 19 heavy (non-hydrogen) atoms. The second-order valence-corrected chi connectivity index (χ2v) is 5.50. The van der Waals surface area contributed by atoms with Gasteiger partial charge in [0.15, 0.2) is 0 Å². The summed E-state index contributed by atoms with van der Waals surface area (Å²) in [6, 6.07) is 7.90. The molecule has 6 heteroatoms. The lowest BCUT2D eigenvalue weighted by Gasteiger charge is -2.09. The van der Waals surface area contributed by atoms with Crippen LogP contribution in [0.2, 0.25) is 20.1 Å². The van der Waals surface area contributed by atoms with Crippen LogP contribution in [0.5, 0.6) is 0 Å². The molecule has 98 valence electrons. The van der Waals surface area contributed by atoms with Gasteiger partial charge in [0, 0.05) is 21.2 Å². The van der Waals surface area contributed by atoms with Gasteiger partial charge in [0.25, 0.3) is 0 Å². The van der Waals surface area contributed by atoms with E-state index in [1.807, 2.05) is 0 Å². The standard InChI is InChI=1S/C13H7Cl4NO/c14-8-2-6(1-7(3-8)13(18)19)9-4-11(16)12(17)5-10(9)15/h1-5H,(H2,18,19). The molecular weight excluding hydrogens is 328 g/mol. The molecule has 2 rings (SSSR count). The third-order valence-corrected chi connectivity index (χ3v) is 3.76. The van der Waals surface area contributed by atoms with Crippen LogP contribution in [0.15, 0.2) is 30.3 Å². The van der Waals surface area contributed by atoms with Gasteiger partial charge in [0.05, 0.1) is 10.0 Å². The summed E-state index contributed by atoms with van der Waals surface area (Å²) in [6.45, 7) is 0. The minimum absolute atomic E-state index is 0.296. The lowest BCUT2D eigenvalue weighted by Crippen LogP contribution is -2.10. The van der Waals surface area contributed by atoms with Gasteiger partial charge in [0.2, 0.25) is 5.91 Å². The van der Waals surface area contributed by atoms with Crippen LogP contribution in [0.25, 0.3) is 11.1 Å². The summed E-state index contributed by atoms with van der Waals surface area (Å²) in [5.41, 5.74) is 6.81. The molecule has 0 bridgehead atoms. The van der Waals surface area contributed by atoms with Crippen LogP contribution in [0.1, 0.15) is 10.4 Å². The van der Waals surface area contributed by atoms with Crippen molar-refractivity contribution in [2.45, 2.75) is 0 Å². The topological polar surface area (TPSA) is 43.1 Å². The van der Waals surface area contributed by atoms with Gasteiger partial charge in [-0.2, -0.15) is 0 Å². The second kappa shape index (κ2) is 5.59. The molecule has 0 unspecified atom stereocenters. The van der Waals surface area contributed by atoms with Crippen molar-refractivity contribution in [3.63, 3.8) is 0 Å². The Balaban J connectivity index is 2.65. The quantitative estimate of drug-likeness (QED) is 0.766. The lowest BCUT2D eigenvalue weighted by molar-refractivity contribution is 0.100. The van der Waals surface area contributed by atoms with E-state index < -0.39 is 5.91 Å². The zero-order valence-corrected chi connectivity index (χ0v) is 12.4. The summed E-state index contributed by atoms with van der Waals surface area (Å²) in [5.74, 6) is -0.570. The number of carbonyl (C=O) groups is 1. The first-order valence-electron chi connectivity index (χ1n) is 5.14. The lowest BCUT2D eigenvalue weighted by atomic mass is 10.0. The van der Waals surface area contributed by atoms with Gasteiger partial charge in [-0.05, 0) is 35.9 Å². The smallest absolute Gasteiger partial charge is 0.248 e. The Morgan fingerprint density at radius 2 is 1.47 bits per heavy atom.